The number of aryl methyl sites for hydroxylation is 1. The second kappa shape index (κ2) is 7.15. The highest BCUT2D eigenvalue weighted by Gasteiger charge is 2.24. The number of nitrogens with zero attached hydrogens (tertiary/aromatic N) is 9. The van der Waals surface area contributed by atoms with Gasteiger partial charge in [0.2, 0.25) is 0 Å². The van der Waals surface area contributed by atoms with Crippen molar-refractivity contribution >= 4 is 22.2 Å². The molecular weight excluding hydrogens is 392 g/mol. The van der Waals surface area contributed by atoms with Gasteiger partial charge in [-0.1, -0.05) is 19.3 Å². The van der Waals surface area contributed by atoms with E-state index in [0.29, 0.717) is 28.9 Å². The molecule has 0 aliphatic heterocycles. The van der Waals surface area contributed by atoms with E-state index in [-0.39, 0.29) is 0 Å². The number of tetrazole rings is 1. The van der Waals surface area contributed by atoms with Crippen LogP contribution < -0.4 is 0 Å². The van der Waals surface area contributed by atoms with E-state index in [9.17, 15) is 0 Å². The maximum atomic E-state index is 4.99. The summed E-state index contributed by atoms with van der Waals surface area (Å²) in [4.78, 5) is 23.0. The summed E-state index contributed by atoms with van der Waals surface area (Å²) >= 11 is 0. The van der Waals surface area contributed by atoms with Crippen LogP contribution in [0, 0.1) is 6.92 Å². The van der Waals surface area contributed by atoms with Gasteiger partial charge in [-0.05, 0) is 48.4 Å². The Labute approximate surface area is 177 Å². The first-order chi connectivity index (χ1) is 15.3. The van der Waals surface area contributed by atoms with Crippen molar-refractivity contribution in [1.29, 1.82) is 0 Å². The fourth-order valence-corrected chi connectivity index (χ4v) is 4.43. The number of imidazole rings is 1. The molecule has 0 amide bonds. The predicted molar refractivity (Wildman–Crippen MR) is 114 cm³/mol. The van der Waals surface area contributed by atoms with Gasteiger partial charge in [0.25, 0.3) is 0 Å². The molecule has 1 fully saturated rings. The van der Waals surface area contributed by atoms with Gasteiger partial charge in [-0.15, -0.1) is 5.10 Å². The molecule has 4 aromatic heterocycles. The van der Waals surface area contributed by atoms with Gasteiger partial charge >= 0.3 is 0 Å². The number of hydrogen-bond donors (Lipinski definition) is 1. The van der Waals surface area contributed by atoms with Gasteiger partial charge in [0, 0.05) is 11.6 Å². The van der Waals surface area contributed by atoms with Crippen LogP contribution in [0.15, 0.2) is 30.6 Å². The maximum absolute atomic E-state index is 4.99. The summed E-state index contributed by atoms with van der Waals surface area (Å²) in [6, 6.07) is 6.52. The monoisotopic (exact) mass is 412 g/mol. The fourth-order valence-electron chi connectivity index (χ4n) is 4.43. The zero-order valence-electron chi connectivity index (χ0n) is 17.0. The van der Waals surface area contributed by atoms with Crippen molar-refractivity contribution in [2.24, 2.45) is 0 Å². The number of fused-ring (bicyclic) bond motifs is 2. The molecule has 0 saturated heterocycles. The highest BCUT2D eigenvalue weighted by molar-refractivity contribution is 5.84. The summed E-state index contributed by atoms with van der Waals surface area (Å²) < 4.78 is 2.34. The molecule has 1 N–H and O–H groups in total. The van der Waals surface area contributed by atoms with E-state index in [4.69, 9.17) is 9.97 Å². The summed E-state index contributed by atoms with van der Waals surface area (Å²) in [5.74, 6) is 2.12. The van der Waals surface area contributed by atoms with Crippen LogP contribution in [0.3, 0.4) is 0 Å². The molecule has 1 aliphatic rings. The van der Waals surface area contributed by atoms with Crippen molar-refractivity contribution in [1.82, 2.24) is 50.1 Å². The summed E-state index contributed by atoms with van der Waals surface area (Å²) in [7, 11) is 0. The Bertz CT molecular complexity index is 1380. The topological polar surface area (TPSA) is 124 Å². The first kappa shape index (κ1) is 18.0. The van der Waals surface area contributed by atoms with E-state index in [1.54, 1.807) is 12.4 Å². The molecule has 31 heavy (non-hydrogen) atoms. The van der Waals surface area contributed by atoms with Gasteiger partial charge in [-0.25, -0.2) is 30.0 Å². The van der Waals surface area contributed by atoms with E-state index in [1.807, 2.05) is 19.1 Å². The van der Waals surface area contributed by atoms with Crippen LogP contribution in [0.25, 0.3) is 45.1 Å². The van der Waals surface area contributed by atoms with Gasteiger partial charge in [0.05, 0.1) is 23.4 Å². The molecule has 6 rings (SSSR count). The van der Waals surface area contributed by atoms with Gasteiger partial charge in [-0.2, -0.15) is 0 Å². The van der Waals surface area contributed by atoms with Crippen LogP contribution in [0.4, 0.5) is 0 Å². The summed E-state index contributed by atoms with van der Waals surface area (Å²) in [5.41, 5.74) is 4.85. The zero-order chi connectivity index (χ0) is 20.8. The van der Waals surface area contributed by atoms with Crippen molar-refractivity contribution in [2.75, 3.05) is 0 Å². The lowest BCUT2D eigenvalue weighted by atomic mass is 9.95. The second-order valence-electron chi connectivity index (χ2n) is 7.93. The molecule has 1 aromatic carbocycles. The number of hydrogen-bond acceptors (Lipinski definition) is 8. The Hall–Kier alpha value is -3.82. The van der Waals surface area contributed by atoms with Crippen LogP contribution in [-0.4, -0.2) is 50.1 Å². The quantitative estimate of drug-likeness (QED) is 0.478. The van der Waals surface area contributed by atoms with Crippen molar-refractivity contribution in [2.45, 2.75) is 45.1 Å². The summed E-state index contributed by atoms with van der Waals surface area (Å²) in [6.07, 6.45) is 9.48. The van der Waals surface area contributed by atoms with Crippen molar-refractivity contribution in [3.8, 4) is 22.9 Å². The van der Waals surface area contributed by atoms with Crippen LogP contribution in [0.2, 0.25) is 0 Å². The maximum Gasteiger partial charge on any atom is 0.181 e. The highest BCUT2D eigenvalue weighted by atomic mass is 15.5. The van der Waals surface area contributed by atoms with Crippen molar-refractivity contribution < 1.29 is 0 Å². The third-order valence-corrected chi connectivity index (χ3v) is 5.90. The number of aromatic nitrogens is 10. The minimum Gasteiger partial charge on any atom is -0.319 e. The first-order valence-corrected chi connectivity index (χ1v) is 10.5. The molecule has 1 aliphatic carbocycles. The molecule has 10 nitrogen and oxygen atoms in total. The molecule has 0 spiro atoms. The Morgan fingerprint density at radius 2 is 1.87 bits per heavy atom. The molecule has 1 saturated carbocycles. The SMILES string of the molecule is Cc1ncc2nc(-c3nc4cc(-c5nnn[nH]5)ccc4n3C3CCCCC3)cnc2n1. The lowest BCUT2D eigenvalue weighted by Crippen LogP contribution is -2.14. The number of aromatic amines is 1. The lowest BCUT2D eigenvalue weighted by molar-refractivity contribution is 0.362. The van der Waals surface area contributed by atoms with Gasteiger partial charge < -0.3 is 4.57 Å². The van der Waals surface area contributed by atoms with Gasteiger partial charge in [0.1, 0.15) is 17.0 Å². The van der Waals surface area contributed by atoms with E-state index < -0.39 is 0 Å². The number of H-pyrrole nitrogens is 1. The Morgan fingerprint density at radius 1 is 0.968 bits per heavy atom. The third kappa shape index (κ3) is 3.11. The third-order valence-electron chi connectivity index (χ3n) is 5.90. The predicted octanol–water partition coefficient (Wildman–Crippen LogP) is 3.43. The Kier molecular flexibility index (Phi) is 4.15. The molecule has 0 radical (unpaired) electrons. The van der Waals surface area contributed by atoms with E-state index >= 15 is 0 Å². The number of rotatable bonds is 3. The molecule has 0 unspecified atom stereocenters. The lowest BCUT2D eigenvalue weighted by Gasteiger charge is -2.25. The van der Waals surface area contributed by atoms with Gasteiger partial charge in [-0.3, -0.25) is 0 Å². The van der Waals surface area contributed by atoms with E-state index in [0.717, 1.165) is 41.0 Å². The smallest absolute Gasteiger partial charge is 0.181 e. The van der Waals surface area contributed by atoms with Crippen molar-refractivity contribution in [3.63, 3.8) is 0 Å². The highest BCUT2D eigenvalue weighted by Crippen LogP contribution is 2.36. The van der Waals surface area contributed by atoms with Crippen molar-refractivity contribution in [3.05, 3.63) is 36.4 Å². The number of benzene rings is 1. The Morgan fingerprint density at radius 3 is 2.71 bits per heavy atom. The minimum atomic E-state index is 0.387. The molecule has 5 aromatic rings. The minimum absolute atomic E-state index is 0.387. The van der Waals surface area contributed by atoms with Gasteiger partial charge in [0.15, 0.2) is 17.3 Å². The summed E-state index contributed by atoms with van der Waals surface area (Å²) in [5, 5.41) is 14.2. The summed E-state index contributed by atoms with van der Waals surface area (Å²) in [6.45, 7) is 1.85. The molecular formula is C21H20N10. The molecule has 10 heteroatoms. The van der Waals surface area contributed by atoms with Crippen LogP contribution >= 0.6 is 0 Å². The van der Waals surface area contributed by atoms with Crippen LogP contribution in [-0.2, 0) is 0 Å². The molecule has 154 valence electrons. The standard InChI is InChI=1S/C21H20N10/c1-12-22-10-16-20(24-12)23-11-17(25-16)21-26-15-9-13(19-27-29-30-28-19)7-8-18(15)31(21)14-5-3-2-4-6-14/h7-11,14H,2-6H2,1H3,(H,27,28,29,30). The zero-order valence-corrected chi connectivity index (χ0v) is 17.0. The average molecular weight is 412 g/mol. The van der Waals surface area contributed by atoms with E-state index in [2.05, 4.69) is 46.2 Å². The molecule has 0 bridgehead atoms. The molecule has 4 heterocycles. The largest absolute Gasteiger partial charge is 0.319 e. The second-order valence-corrected chi connectivity index (χ2v) is 7.93. The number of nitrogens with one attached hydrogen (secondary N) is 1. The Balaban J connectivity index is 1.55. The van der Waals surface area contributed by atoms with Crippen LogP contribution in [0.5, 0.6) is 0 Å². The molecule has 0 atom stereocenters. The van der Waals surface area contributed by atoms with Crippen LogP contribution in [0.1, 0.15) is 44.0 Å². The average Bonchev–Trinajstić information content (AvgIpc) is 3.47. The van der Waals surface area contributed by atoms with E-state index in [1.165, 1.54) is 19.3 Å². The first-order valence-electron chi connectivity index (χ1n) is 10.5. The fraction of sp³-hybridized carbons (Fsp3) is 0.333. The normalized spacial score (nSPS) is 15.1.